The Bertz CT molecular complexity index is 1220. The molecule has 0 fully saturated rings. The molecule has 0 saturated carbocycles. The van der Waals surface area contributed by atoms with Gasteiger partial charge < -0.3 is 5.73 Å². The topological polar surface area (TPSA) is 70.1 Å². The summed E-state index contributed by atoms with van der Waals surface area (Å²) < 4.78 is 41.0. The molecule has 0 amide bonds. The Kier molecular flexibility index (Phi) is 5.50. The molecule has 2 aromatic rings. The lowest BCUT2D eigenvalue weighted by Gasteiger charge is -2.43. The lowest BCUT2D eigenvalue weighted by Crippen LogP contribution is -2.42. The summed E-state index contributed by atoms with van der Waals surface area (Å²) in [7, 11) is 0. The van der Waals surface area contributed by atoms with E-state index in [4.69, 9.17) is 5.73 Å². The second-order valence-electron chi connectivity index (χ2n) is 8.70. The minimum atomic E-state index is -4.53. The molecule has 4 rings (SSSR count). The van der Waals surface area contributed by atoms with Crippen LogP contribution in [0, 0.1) is 16.7 Å². The molecule has 2 N–H and O–H groups in total. The van der Waals surface area contributed by atoms with Gasteiger partial charge >= 0.3 is 6.18 Å². The molecule has 0 saturated heterocycles. The molecule has 0 bridgehead atoms. The normalized spacial score (nSPS) is 21.0. The SMILES string of the molecule is CC1(C)CC(=O)C2=C(C1)N(c1cccc(C(F)(F)F)c1)C(N)=C(C#N)C2c1cc(Br)cs1. The van der Waals surface area contributed by atoms with Gasteiger partial charge in [-0.15, -0.1) is 11.3 Å². The number of nitriles is 1. The van der Waals surface area contributed by atoms with Crippen molar-refractivity contribution in [2.45, 2.75) is 38.8 Å². The number of carbonyl (C=O) groups is 1. The van der Waals surface area contributed by atoms with E-state index >= 15 is 0 Å². The number of carbonyl (C=O) groups excluding carboxylic acids is 1. The van der Waals surface area contributed by atoms with E-state index in [1.54, 1.807) is 0 Å². The number of anilines is 1. The molecule has 0 radical (unpaired) electrons. The molecule has 1 aliphatic carbocycles. The molecule has 1 aromatic heterocycles. The number of ketones is 1. The quantitative estimate of drug-likeness (QED) is 0.491. The van der Waals surface area contributed by atoms with E-state index in [2.05, 4.69) is 22.0 Å². The Morgan fingerprint density at radius 1 is 1.28 bits per heavy atom. The van der Waals surface area contributed by atoms with Gasteiger partial charge in [0.15, 0.2) is 5.78 Å². The summed E-state index contributed by atoms with van der Waals surface area (Å²) in [5, 5.41) is 11.9. The molecule has 1 aliphatic heterocycles. The monoisotopic (exact) mass is 521 g/mol. The second-order valence-corrected chi connectivity index (χ2v) is 10.6. The summed E-state index contributed by atoms with van der Waals surface area (Å²) in [6.45, 7) is 3.88. The van der Waals surface area contributed by atoms with Gasteiger partial charge in [0, 0.05) is 38.1 Å². The molecule has 32 heavy (non-hydrogen) atoms. The number of nitrogens with two attached hydrogens (primary N) is 1. The van der Waals surface area contributed by atoms with Crippen LogP contribution in [-0.2, 0) is 11.0 Å². The molecule has 2 aliphatic rings. The molecule has 4 nitrogen and oxygen atoms in total. The zero-order valence-electron chi connectivity index (χ0n) is 17.3. The van der Waals surface area contributed by atoms with Gasteiger partial charge in [-0.2, -0.15) is 18.4 Å². The molecule has 1 atom stereocenters. The van der Waals surface area contributed by atoms with E-state index in [0.717, 1.165) is 21.5 Å². The van der Waals surface area contributed by atoms with Gasteiger partial charge in [-0.1, -0.05) is 19.9 Å². The van der Waals surface area contributed by atoms with Crippen LogP contribution in [0.25, 0.3) is 0 Å². The third kappa shape index (κ3) is 3.86. The van der Waals surface area contributed by atoms with Crippen LogP contribution in [0.15, 0.2) is 62.8 Å². The third-order valence-electron chi connectivity index (χ3n) is 5.68. The Morgan fingerprint density at radius 2 is 2.00 bits per heavy atom. The van der Waals surface area contributed by atoms with Crippen molar-refractivity contribution >= 4 is 38.7 Å². The van der Waals surface area contributed by atoms with Gasteiger partial charge in [-0.05, 0) is 52.0 Å². The van der Waals surface area contributed by atoms with Crippen LogP contribution in [0.3, 0.4) is 0 Å². The van der Waals surface area contributed by atoms with Crippen LogP contribution in [0.4, 0.5) is 18.9 Å². The average molecular weight is 522 g/mol. The van der Waals surface area contributed by atoms with Crippen molar-refractivity contribution in [3.05, 3.63) is 73.3 Å². The van der Waals surface area contributed by atoms with E-state index < -0.39 is 23.1 Å². The van der Waals surface area contributed by atoms with Crippen LogP contribution < -0.4 is 10.6 Å². The summed E-state index contributed by atoms with van der Waals surface area (Å²) in [6.07, 6.45) is -3.82. The second kappa shape index (κ2) is 7.78. The zero-order chi connectivity index (χ0) is 23.4. The van der Waals surface area contributed by atoms with Crippen LogP contribution in [0.1, 0.15) is 43.0 Å². The molecule has 9 heteroatoms. The Labute approximate surface area is 196 Å². The lowest BCUT2D eigenvalue weighted by molar-refractivity contribution is -0.137. The van der Waals surface area contributed by atoms with Gasteiger partial charge in [0.1, 0.15) is 5.82 Å². The first-order valence-corrected chi connectivity index (χ1v) is 11.5. The van der Waals surface area contributed by atoms with Gasteiger partial charge in [0.25, 0.3) is 0 Å². The summed E-state index contributed by atoms with van der Waals surface area (Å²) in [5.41, 5.74) is 6.54. The van der Waals surface area contributed by atoms with E-state index in [0.29, 0.717) is 17.7 Å². The number of hydrogen-bond donors (Lipinski definition) is 1. The average Bonchev–Trinajstić information content (AvgIpc) is 3.11. The van der Waals surface area contributed by atoms with Crippen LogP contribution in [0.2, 0.25) is 0 Å². The fraction of sp³-hybridized carbons (Fsp3) is 0.304. The number of thiophene rings is 1. The van der Waals surface area contributed by atoms with Gasteiger partial charge in [-0.25, -0.2) is 0 Å². The van der Waals surface area contributed by atoms with Crippen molar-refractivity contribution in [2.24, 2.45) is 11.1 Å². The molecular weight excluding hydrogens is 503 g/mol. The van der Waals surface area contributed by atoms with Crippen LogP contribution in [-0.4, -0.2) is 5.78 Å². The lowest BCUT2D eigenvalue weighted by atomic mass is 9.69. The van der Waals surface area contributed by atoms with Crippen molar-refractivity contribution in [3.8, 4) is 6.07 Å². The smallest absolute Gasteiger partial charge is 0.384 e. The largest absolute Gasteiger partial charge is 0.416 e. The highest BCUT2D eigenvalue weighted by molar-refractivity contribution is 9.10. The number of alkyl halides is 3. The number of rotatable bonds is 2. The number of hydrogen-bond acceptors (Lipinski definition) is 5. The summed E-state index contributed by atoms with van der Waals surface area (Å²) in [4.78, 5) is 15.6. The number of allylic oxidation sites excluding steroid dienone is 3. The third-order valence-corrected chi connectivity index (χ3v) is 7.44. The fourth-order valence-electron chi connectivity index (χ4n) is 4.39. The zero-order valence-corrected chi connectivity index (χ0v) is 19.7. The first kappa shape index (κ1) is 22.6. The Hall–Kier alpha value is -2.57. The maximum atomic E-state index is 13.4. The van der Waals surface area contributed by atoms with E-state index in [1.807, 2.05) is 25.3 Å². The van der Waals surface area contributed by atoms with Gasteiger partial charge in [-0.3, -0.25) is 9.69 Å². The highest BCUT2D eigenvalue weighted by Crippen LogP contribution is 2.51. The van der Waals surface area contributed by atoms with Crippen LogP contribution >= 0.6 is 27.3 Å². The number of Topliss-reactive ketones (excluding diaryl/α,β-unsaturated/α-hetero) is 1. The predicted octanol–water partition coefficient (Wildman–Crippen LogP) is 6.47. The fourth-order valence-corrected chi connectivity index (χ4v) is 5.95. The van der Waals surface area contributed by atoms with Crippen molar-refractivity contribution in [3.63, 3.8) is 0 Å². The molecule has 1 unspecified atom stereocenters. The van der Waals surface area contributed by atoms with Crippen molar-refractivity contribution < 1.29 is 18.0 Å². The van der Waals surface area contributed by atoms with Gasteiger partial charge in [0.05, 0.1) is 23.1 Å². The van der Waals surface area contributed by atoms with Gasteiger partial charge in [0.2, 0.25) is 0 Å². The predicted molar refractivity (Wildman–Crippen MR) is 121 cm³/mol. The maximum absolute atomic E-state index is 13.4. The highest BCUT2D eigenvalue weighted by Gasteiger charge is 2.45. The summed E-state index contributed by atoms with van der Waals surface area (Å²) in [5.74, 6) is -0.717. The van der Waals surface area contributed by atoms with Crippen LogP contribution in [0.5, 0.6) is 0 Å². The first-order chi connectivity index (χ1) is 14.9. The van der Waals surface area contributed by atoms with Crippen molar-refractivity contribution in [2.75, 3.05) is 4.90 Å². The highest BCUT2D eigenvalue weighted by atomic mass is 79.9. The van der Waals surface area contributed by atoms with E-state index in [9.17, 15) is 23.2 Å². The number of nitrogens with zero attached hydrogens (tertiary/aromatic N) is 2. The van der Waals surface area contributed by atoms with Crippen molar-refractivity contribution in [1.29, 1.82) is 5.26 Å². The van der Waals surface area contributed by atoms with E-state index in [1.165, 1.54) is 28.4 Å². The summed E-state index contributed by atoms with van der Waals surface area (Å²) in [6, 6.07) is 8.76. The Balaban J connectivity index is 1.99. The number of halogens is 4. The Morgan fingerprint density at radius 3 is 2.59 bits per heavy atom. The number of benzene rings is 1. The van der Waals surface area contributed by atoms with E-state index in [-0.39, 0.29) is 29.3 Å². The molecule has 0 spiro atoms. The molecular formula is C23H19BrF3N3OS. The summed E-state index contributed by atoms with van der Waals surface area (Å²) >= 11 is 4.81. The minimum Gasteiger partial charge on any atom is -0.384 e. The first-order valence-electron chi connectivity index (χ1n) is 9.80. The van der Waals surface area contributed by atoms with Crippen molar-refractivity contribution in [1.82, 2.24) is 0 Å². The molecule has 1 aromatic carbocycles. The maximum Gasteiger partial charge on any atom is 0.416 e. The molecule has 2 heterocycles. The standard InChI is InChI=1S/C23H19BrF3N3OS/c1-22(2)8-16-20(17(31)9-22)19(18-7-13(24)11-32-18)15(10-28)21(29)30(16)14-5-3-4-12(6-14)23(25,26)27/h3-7,11,19H,8-9,29H2,1-2H3. The molecule has 166 valence electrons. The minimum absolute atomic E-state index is 0.0468.